The fraction of sp³-hybridized carbons (Fsp3) is 0.500. The molecule has 1 fully saturated rings. The van der Waals surface area contributed by atoms with E-state index in [9.17, 15) is 0 Å². The number of benzene rings is 3. The average Bonchev–Trinajstić information content (AvgIpc) is 3.20. The molecule has 202 valence electrons. The second-order valence-corrected chi connectivity index (χ2v) is 19.0. The van der Waals surface area contributed by atoms with Gasteiger partial charge >= 0.3 is 0 Å². The van der Waals surface area contributed by atoms with Gasteiger partial charge in [-0.25, -0.2) is 0 Å². The van der Waals surface area contributed by atoms with Gasteiger partial charge in [-0.3, -0.25) is 0 Å². The molecule has 0 saturated heterocycles. The normalized spacial score (nSPS) is 23.4. The van der Waals surface area contributed by atoms with Gasteiger partial charge in [0.15, 0.2) is 0 Å². The maximum absolute atomic E-state index is 7.11. The molecule has 2 aliphatic rings. The van der Waals surface area contributed by atoms with Crippen LogP contribution in [-0.4, -0.2) is 13.7 Å². The molecule has 2 aliphatic carbocycles. The molecule has 0 spiro atoms. The Morgan fingerprint density at radius 1 is 0.895 bits per heavy atom. The van der Waals surface area contributed by atoms with Crippen LogP contribution in [0.2, 0.25) is 17.6 Å². The van der Waals surface area contributed by atoms with Crippen LogP contribution in [0.3, 0.4) is 0 Å². The Morgan fingerprint density at radius 2 is 1.55 bits per heavy atom. The van der Waals surface area contributed by atoms with Crippen molar-refractivity contribution in [3.05, 3.63) is 77.4 Å². The van der Waals surface area contributed by atoms with Crippen LogP contribution >= 0.6 is 0 Å². The van der Waals surface area contributed by atoms with E-state index in [0.29, 0.717) is 23.3 Å². The summed E-state index contributed by atoms with van der Waals surface area (Å²) in [5.74, 6) is 3.14. The highest BCUT2D eigenvalue weighted by Crippen LogP contribution is 2.59. The van der Waals surface area contributed by atoms with Crippen LogP contribution in [0.5, 0.6) is 5.75 Å². The Labute approximate surface area is 232 Å². The molecule has 5 rings (SSSR count). The van der Waals surface area contributed by atoms with Crippen LogP contribution in [0.25, 0.3) is 16.8 Å². The lowest BCUT2D eigenvalue weighted by molar-refractivity contribution is 0.129. The lowest BCUT2D eigenvalue weighted by Gasteiger charge is -2.45. The summed E-state index contributed by atoms with van der Waals surface area (Å²) >= 11 is 0. The van der Waals surface area contributed by atoms with Gasteiger partial charge in [-0.2, -0.15) is 0 Å². The molecule has 0 bridgehead atoms. The Balaban J connectivity index is 1.79. The number of ether oxygens (including phenoxy) is 1. The largest absolute Gasteiger partial charge is 0.488 e. The van der Waals surface area contributed by atoms with E-state index in [1.165, 1.54) is 46.2 Å². The standard InChI is InChI=1S/C36H48OSi/c1-10-38(11-2,34-24(3)22-30-27-18-14-12-16-25(27)20-21-29(30)34)31-23-26-17-13-15-19-28(26)32(35(4,5)6)33(31)37-36(7,8)9/h12-21,23-24,29-30,34H,10-11,22H2,1-9H3. The van der Waals surface area contributed by atoms with Crippen LogP contribution < -0.4 is 9.92 Å². The molecule has 0 aromatic heterocycles. The van der Waals surface area contributed by atoms with Crippen molar-refractivity contribution in [2.75, 3.05) is 0 Å². The Bertz CT molecular complexity index is 1350. The third-order valence-corrected chi connectivity index (χ3v) is 15.8. The van der Waals surface area contributed by atoms with Gasteiger partial charge in [0.05, 0.1) is 8.07 Å². The Morgan fingerprint density at radius 3 is 2.21 bits per heavy atom. The first-order valence-electron chi connectivity index (χ1n) is 14.9. The van der Waals surface area contributed by atoms with Gasteiger partial charge in [0.25, 0.3) is 0 Å². The van der Waals surface area contributed by atoms with E-state index < -0.39 is 8.07 Å². The first-order valence-corrected chi connectivity index (χ1v) is 17.4. The van der Waals surface area contributed by atoms with Crippen LogP contribution in [0.1, 0.15) is 91.3 Å². The summed E-state index contributed by atoms with van der Waals surface area (Å²) in [7, 11) is -2.03. The fourth-order valence-corrected chi connectivity index (χ4v) is 14.1. The molecule has 38 heavy (non-hydrogen) atoms. The minimum Gasteiger partial charge on any atom is -0.488 e. The lowest BCUT2D eigenvalue weighted by atomic mass is 9.81. The van der Waals surface area contributed by atoms with Crippen molar-refractivity contribution in [2.45, 2.75) is 103 Å². The molecule has 3 aromatic rings. The fourth-order valence-electron chi connectivity index (χ4n) is 8.19. The van der Waals surface area contributed by atoms with Gasteiger partial charge in [-0.15, -0.1) is 0 Å². The molecule has 0 amide bonds. The quantitative estimate of drug-likeness (QED) is 0.302. The molecule has 0 heterocycles. The van der Waals surface area contributed by atoms with Crippen molar-refractivity contribution in [3.8, 4) is 5.75 Å². The first-order chi connectivity index (χ1) is 17.9. The molecular weight excluding hydrogens is 476 g/mol. The molecule has 0 aliphatic heterocycles. The Hall–Kier alpha value is -2.32. The minimum atomic E-state index is -2.03. The summed E-state index contributed by atoms with van der Waals surface area (Å²) in [5.41, 5.74) is 4.82. The summed E-state index contributed by atoms with van der Waals surface area (Å²) in [6.45, 7) is 21.3. The van der Waals surface area contributed by atoms with Crippen molar-refractivity contribution in [2.24, 2.45) is 11.8 Å². The van der Waals surface area contributed by atoms with Gasteiger partial charge in [-0.05, 0) is 83.0 Å². The molecule has 1 saturated carbocycles. The third kappa shape index (κ3) is 4.47. The van der Waals surface area contributed by atoms with E-state index in [2.05, 4.69) is 129 Å². The van der Waals surface area contributed by atoms with Crippen LogP contribution in [0.4, 0.5) is 0 Å². The molecular formula is C36H48OSi. The highest BCUT2D eigenvalue weighted by atomic mass is 28.3. The molecule has 3 aromatic carbocycles. The van der Waals surface area contributed by atoms with Crippen LogP contribution in [0.15, 0.2) is 60.7 Å². The lowest BCUT2D eigenvalue weighted by Crippen LogP contribution is -2.54. The van der Waals surface area contributed by atoms with Crippen molar-refractivity contribution in [3.63, 3.8) is 0 Å². The van der Waals surface area contributed by atoms with Gasteiger partial charge in [0.2, 0.25) is 0 Å². The summed E-state index contributed by atoms with van der Waals surface area (Å²) in [4.78, 5) is 0. The van der Waals surface area contributed by atoms with E-state index in [1.807, 2.05) is 0 Å². The molecule has 0 N–H and O–H groups in total. The molecule has 4 unspecified atom stereocenters. The van der Waals surface area contributed by atoms with Crippen molar-refractivity contribution < 1.29 is 4.74 Å². The number of allylic oxidation sites excluding steroid dienone is 1. The summed E-state index contributed by atoms with van der Waals surface area (Å²) < 4.78 is 7.11. The van der Waals surface area contributed by atoms with E-state index in [-0.39, 0.29) is 11.0 Å². The second-order valence-electron chi connectivity index (χ2n) is 14.1. The Kier molecular flexibility index (Phi) is 6.96. The number of hydrogen-bond acceptors (Lipinski definition) is 1. The van der Waals surface area contributed by atoms with Crippen molar-refractivity contribution in [1.82, 2.24) is 0 Å². The minimum absolute atomic E-state index is 0.0225. The summed E-state index contributed by atoms with van der Waals surface area (Å²) in [6.07, 6.45) is 6.32. The second kappa shape index (κ2) is 9.70. The maximum atomic E-state index is 7.11. The van der Waals surface area contributed by atoms with Crippen molar-refractivity contribution in [1.29, 1.82) is 0 Å². The predicted octanol–water partition coefficient (Wildman–Crippen LogP) is 9.85. The highest BCUT2D eigenvalue weighted by Gasteiger charge is 2.54. The van der Waals surface area contributed by atoms with Crippen LogP contribution in [-0.2, 0) is 5.41 Å². The SMILES string of the molecule is CC[Si](CC)(c1cc2ccccc2c(C(C)(C)C)c1OC(C)(C)C)C1C(C)CC2c3ccccc3C=CC21. The zero-order chi connectivity index (χ0) is 27.5. The van der Waals surface area contributed by atoms with Crippen molar-refractivity contribution >= 4 is 30.1 Å². The predicted molar refractivity (Wildman–Crippen MR) is 169 cm³/mol. The number of hydrogen-bond donors (Lipinski definition) is 0. The number of fused-ring (bicyclic) bond motifs is 4. The summed E-state index contributed by atoms with van der Waals surface area (Å²) in [5, 5.41) is 4.30. The zero-order valence-corrected chi connectivity index (χ0v) is 26.2. The average molecular weight is 525 g/mol. The smallest absolute Gasteiger partial charge is 0.123 e. The zero-order valence-electron chi connectivity index (χ0n) is 25.2. The number of rotatable bonds is 5. The van der Waals surface area contributed by atoms with Gasteiger partial charge < -0.3 is 4.74 Å². The summed E-state index contributed by atoms with van der Waals surface area (Å²) in [6, 6.07) is 23.2. The molecule has 1 nitrogen and oxygen atoms in total. The molecule has 4 atom stereocenters. The highest BCUT2D eigenvalue weighted by molar-refractivity contribution is 6.94. The van der Waals surface area contributed by atoms with E-state index in [4.69, 9.17) is 4.74 Å². The third-order valence-electron chi connectivity index (χ3n) is 9.61. The van der Waals surface area contributed by atoms with E-state index >= 15 is 0 Å². The monoisotopic (exact) mass is 524 g/mol. The maximum Gasteiger partial charge on any atom is 0.123 e. The first kappa shape index (κ1) is 27.3. The van der Waals surface area contributed by atoms with Gasteiger partial charge in [0, 0.05) is 5.56 Å². The van der Waals surface area contributed by atoms with Gasteiger partial charge in [0.1, 0.15) is 11.4 Å². The van der Waals surface area contributed by atoms with Gasteiger partial charge in [-0.1, -0.05) is 120 Å². The van der Waals surface area contributed by atoms with E-state index in [0.717, 1.165) is 0 Å². The van der Waals surface area contributed by atoms with E-state index in [1.54, 1.807) is 10.8 Å². The van der Waals surface area contributed by atoms with Crippen LogP contribution in [0, 0.1) is 11.8 Å². The topological polar surface area (TPSA) is 9.23 Å². The molecule has 0 radical (unpaired) electrons. The molecule has 2 heteroatoms.